The molecule has 29 heavy (non-hydrogen) atoms. The minimum atomic E-state index is -0.389. The van der Waals surface area contributed by atoms with Gasteiger partial charge in [0.15, 0.2) is 6.54 Å². The number of methoxy groups -OCH3 is 1. The van der Waals surface area contributed by atoms with Crippen LogP contribution in [-0.4, -0.2) is 51.2 Å². The molecule has 1 amide bonds. The van der Waals surface area contributed by atoms with Crippen LogP contribution in [0.25, 0.3) is 0 Å². The summed E-state index contributed by atoms with van der Waals surface area (Å²) in [5.74, 6) is -0.264. The smallest absolute Gasteiger partial charge is 0.341 e. The van der Waals surface area contributed by atoms with Crippen molar-refractivity contribution in [3.63, 3.8) is 0 Å². The lowest BCUT2D eigenvalue weighted by atomic mass is 9.88. The SMILES string of the molecule is CCOC(=O)[C@H]1CCC[NH+](CC(=O)Nc2sc3c(c2C(=O)OC)CC[C@@H](C)C3)C1. The molecular weight excluding hydrogens is 392 g/mol. The number of thiophene rings is 1. The van der Waals surface area contributed by atoms with Gasteiger partial charge < -0.3 is 19.7 Å². The summed E-state index contributed by atoms with van der Waals surface area (Å²) in [6, 6.07) is 0. The Hall–Kier alpha value is -1.93. The first kappa shape index (κ1) is 21.8. The Bertz CT molecular complexity index is 775. The van der Waals surface area contributed by atoms with Gasteiger partial charge in [0, 0.05) is 4.88 Å². The van der Waals surface area contributed by atoms with Gasteiger partial charge in [-0.05, 0) is 50.5 Å². The number of hydrogen-bond donors (Lipinski definition) is 2. The van der Waals surface area contributed by atoms with Crippen LogP contribution in [0.5, 0.6) is 0 Å². The predicted molar refractivity (Wildman–Crippen MR) is 110 cm³/mol. The van der Waals surface area contributed by atoms with Gasteiger partial charge in [0.2, 0.25) is 0 Å². The number of ether oxygens (including phenoxy) is 2. The number of nitrogens with one attached hydrogen (secondary N) is 2. The first-order chi connectivity index (χ1) is 13.9. The van der Waals surface area contributed by atoms with Crippen LogP contribution in [0.15, 0.2) is 0 Å². The van der Waals surface area contributed by atoms with Crippen LogP contribution >= 0.6 is 11.3 Å². The average Bonchev–Trinajstić information content (AvgIpc) is 3.04. The normalized spacial score (nSPS) is 23.8. The molecule has 0 saturated carbocycles. The van der Waals surface area contributed by atoms with E-state index in [0.717, 1.165) is 49.1 Å². The fourth-order valence-corrected chi connectivity index (χ4v) is 5.74. The maximum absolute atomic E-state index is 12.7. The number of amides is 1. The molecule has 3 atom stereocenters. The van der Waals surface area contributed by atoms with E-state index in [1.54, 1.807) is 6.92 Å². The monoisotopic (exact) mass is 423 g/mol. The molecule has 2 heterocycles. The molecule has 160 valence electrons. The molecule has 8 heteroatoms. The molecule has 1 aliphatic heterocycles. The fraction of sp³-hybridized carbons (Fsp3) is 0.667. The Balaban J connectivity index is 1.67. The van der Waals surface area contributed by atoms with Crippen molar-refractivity contribution in [2.75, 3.05) is 38.7 Å². The lowest BCUT2D eigenvalue weighted by Crippen LogP contribution is -3.14. The molecule has 7 nitrogen and oxygen atoms in total. The average molecular weight is 424 g/mol. The number of anilines is 1. The second kappa shape index (κ2) is 9.71. The first-order valence-corrected chi connectivity index (χ1v) is 11.3. The second-order valence-electron chi connectivity index (χ2n) is 8.07. The highest BCUT2D eigenvalue weighted by Gasteiger charge is 2.32. The quantitative estimate of drug-likeness (QED) is 0.677. The zero-order chi connectivity index (χ0) is 21.0. The maximum atomic E-state index is 12.7. The van der Waals surface area contributed by atoms with Crippen molar-refractivity contribution in [3.8, 4) is 0 Å². The Morgan fingerprint density at radius 3 is 2.79 bits per heavy atom. The van der Waals surface area contributed by atoms with Crippen molar-refractivity contribution >= 4 is 34.2 Å². The Morgan fingerprint density at radius 2 is 2.07 bits per heavy atom. The number of carbonyl (C=O) groups is 3. The van der Waals surface area contributed by atoms with Crippen molar-refractivity contribution in [1.82, 2.24) is 0 Å². The minimum Gasteiger partial charge on any atom is -0.466 e. The number of esters is 2. The molecule has 2 aliphatic rings. The van der Waals surface area contributed by atoms with E-state index in [2.05, 4.69) is 12.2 Å². The van der Waals surface area contributed by atoms with Crippen molar-refractivity contribution in [2.24, 2.45) is 11.8 Å². The molecule has 1 unspecified atom stereocenters. The molecule has 0 radical (unpaired) electrons. The van der Waals surface area contributed by atoms with E-state index >= 15 is 0 Å². The number of carbonyl (C=O) groups excluding carboxylic acids is 3. The second-order valence-corrected chi connectivity index (χ2v) is 9.17. The number of hydrogen-bond acceptors (Lipinski definition) is 6. The van der Waals surface area contributed by atoms with Gasteiger partial charge in [-0.2, -0.15) is 0 Å². The predicted octanol–water partition coefficient (Wildman–Crippen LogP) is 1.46. The van der Waals surface area contributed by atoms with E-state index in [-0.39, 0.29) is 30.3 Å². The van der Waals surface area contributed by atoms with Gasteiger partial charge in [0.1, 0.15) is 10.9 Å². The van der Waals surface area contributed by atoms with Gasteiger partial charge in [-0.15, -0.1) is 11.3 Å². The summed E-state index contributed by atoms with van der Waals surface area (Å²) >= 11 is 1.50. The van der Waals surface area contributed by atoms with E-state index in [1.165, 1.54) is 23.3 Å². The third-order valence-electron chi connectivity index (χ3n) is 5.80. The molecule has 0 spiro atoms. The van der Waals surface area contributed by atoms with Crippen LogP contribution in [0.1, 0.15) is 53.9 Å². The van der Waals surface area contributed by atoms with E-state index < -0.39 is 0 Å². The highest BCUT2D eigenvalue weighted by molar-refractivity contribution is 7.17. The van der Waals surface area contributed by atoms with Crippen molar-refractivity contribution in [2.45, 2.75) is 46.0 Å². The van der Waals surface area contributed by atoms with E-state index in [1.807, 2.05) is 0 Å². The molecule has 1 aromatic heterocycles. The minimum absolute atomic E-state index is 0.138. The lowest BCUT2D eigenvalue weighted by molar-refractivity contribution is -0.899. The van der Waals surface area contributed by atoms with Gasteiger partial charge in [0.25, 0.3) is 5.91 Å². The first-order valence-electron chi connectivity index (χ1n) is 10.5. The Labute approximate surface area is 175 Å². The van der Waals surface area contributed by atoms with Crippen LogP contribution in [-0.2, 0) is 31.9 Å². The van der Waals surface area contributed by atoms with Crippen molar-refractivity contribution in [1.29, 1.82) is 0 Å². The van der Waals surface area contributed by atoms with Gasteiger partial charge in [0.05, 0.1) is 32.4 Å². The number of quaternary nitrogens is 1. The topological polar surface area (TPSA) is 86.1 Å². The molecule has 3 rings (SSSR count). The van der Waals surface area contributed by atoms with Crippen molar-refractivity contribution < 1.29 is 28.8 Å². The molecule has 1 fully saturated rings. The third-order valence-corrected chi connectivity index (χ3v) is 6.97. The third kappa shape index (κ3) is 5.17. The largest absolute Gasteiger partial charge is 0.466 e. The van der Waals surface area contributed by atoms with Crippen LogP contribution in [0.2, 0.25) is 0 Å². The standard InChI is InChI=1S/C21H30N2O5S/c1-4-28-20(25)14-6-5-9-23(11-14)12-17(24)22-19-18(21(26)27-3)15-8-7-13(2)10-16(15)29-19/h13-14H,4-12H2,1-3H3,(H,22,24)/p+1/t13-,14+/m1/s1. The zero-order valence-electron chi connectivity index (χ0n) is 17.5. The number of piperidine rings is 1. The highest BCUT2D eigenvalue weighted by atomic mass is 32.1. The summed E-state index contributed by atoms with van der Waals surface area (Å²) < 4.78 is 10.1. The van der Waals surface area contributed by atoms with Gasteiger partial charge in [-0.25, -0.2) is 4.79 Å². The van der Waals surface area contributed by atoms with Crippen LogP contribution in [0.3, 0.4) is 0 Å². The lowest BCUT2D eigenvalue weighted by Gasteiger charge is -2.28. The van der Waals surface area contributed by atoms with Gasteiger partial charge in [-0.3, -0.25) is 9.59 Å². The summed E-state index contributed by atoms with van der Waals surface area (Å²) in [5, 5.41) is 3.55. The van der Waals surface area contributed by atoms with Crippen LogP contribution in [0.4, 0.5) is 5.00 Å². The van der Waals surface area contributed by atoms with Crippen molar-refractivity contribution in [3.05, 3.63) is 16.0 Å². The zero-order valence-corrected chi connectivity index (χ0v) is 18.3. The Morgan fingerprint density at radius 1 is 1.28 bits per heavy atom. The van der Waals surface area contributed by atoms with E-state index in [0.29, 0.717) is 29.6 Å². The molecule has 1 saturated heterocycles. The number of rotatable bonds is 6. The van der Waals surface area contributed by atoms with E-state index in [4.69, 9.17) is 9.47 Å². The molecule has 0 aromatic carbocycles. The Kier molecular flexibility index (Phi) is 7.29. The summed E-state index contributed by atoms with van der Waals surface area (Å²) in [4.78, 5) is 39.4. The summed E-state index contributed by atoms with van der Waals surface area (Å²) in [7, 11) is 1.37. The van der Waals surface area contributed by atoms with Gasteiger partial charge in [-0.1, -0.05) is 6.92 Å². The molecule has 0 bridgehead atoms. The number of likely N-dealkylation sites (tertiary alicyclic amines) is 1. The van der Waals surface area contributed by atoms with E-state index in [9.17, 15) is 14.4 Å². The highest BCUT2D eigenvalue weighted by Crippen LogP contribution is 2.39. The maximum Gasteiger partial charge on any atom is 0.341 e. The van der Waals surface area contributed by atoms with Gasteiger partial charge >= 0.3 is 11.9 Å². The molecule has 1 aliphatic carbocycles. The van der Waals surface area contributed by atoms with Crippen LogP contribution in [0, 0.1) is 11.8 Å². The summed E-state index contributed by atoms with van der Waals surface area (Å²) in [6.45, 7) is 6.12. The summed E-state index contributed by atoms with van der Waals surface area (Å²) in [6.07, 6.45) is 4.51. The number of fused-ring (bicyclic) bond motifs is 1. The fourth-order valence-electron chi connectivity index (χ4n) is 4.33. The molecule has 2 N–H and O–H groups in total. The van der Waals surface area contributed by atoms with Crippen LogP contribution < -0.4 is 10.2 Å². The summed E-state index contributed by atoms with van der Waals surface area (Å²) in [5.41, 5.74) is 1.55. The molecular formula is C21H31N2O5S+. The molecule has 1 aromatic rings.